The third-order valence-corrected chi connectivity index (χ3v) is 5.57. The maximum Gasteiger partial charge on any atom is 0.0631 e. The molecule has 2 saturated heterocycles. The van der Waals surface area contributed by atoms with Gasteiger partial charge >= 0.3 is 0 Å². The molecule has 3 heteroatoms. The van der Waals surface area contributed by atoms with E-state index in [-0.39, 0.29) is 11.5 Å². The predicted octanol–water partition coefficient (Wildman–Crippen LogP) is 1.56. The van der Waals surface area contributed by atoms with E-state index < -0.39 is 0 Å². The highest BCUT2D eigenvalue weighted by molar-refractivity contribution is 4.94. The van der Waals surface area contributed by atoms with Crippen molar-refractivity contribution in [2.75, 3.05) is 32.7 Å². The first-order valence-corrected chi connectivity index (χ1v) is 7.71. The molecule has 3 aliphatic rings. The first-order valence-electron chi connectivity index (χ1n) is 7.71. The third kappa shape index (κ3) is 2.33. The fourth-order valence-corrected chi connectivity index (χ4v) is 4.25. The van der Waals surface area contributed by atoms with Crippen LogP contribution in [0.4, 0.5) is 0 Å². The van der Waals surface area contributed by atoms with Crippen molar-refractivity contribution in [3.8, 4) is 0 Å². The number of hydrogen-bond donors (Lipinski definition) is 1. The quantitative estimate of drug-likeness (QED) is 0.808. The van der Waals surface area contributed by atoms with Crippen LogP contribution in [-0.4, -0.2) is 59.8 Å². The maximum absolute atomic E-state index is 10.4. The average Bonchev–Trinajstić information content (AvgIpc) is 2.89. The Kier molecular flexibility index (Phi) is 3.41. The highest BCUT2D eigenvalue weighted by Gasteiger charge is 2.42. The summed E-state index contributed by atoms with van der Waals surface area (Å²) in [4.78, 5) is 5.27. The van der Waals surface area contributed by atoms with Crippen LogP contribution in [0.15, 0.2) is 0 Å². The molecule has 2 heterocycles. The lowest BCUT2D eigenvalue weighted by atomic mass is 9.87. The normalized spacial score (nSPS) is 41.2. The van der Waals surface area contributed by atoms with E-state index in [4.69, 9.17) is 0 Å². The zero-order chi connectivity index (χ0) is 12.8. The van der Waals surface area contributed by atoms with Gasteiger partial charge in [0.25, 0.3) is 0 Å². The molecule has 18 heavy (non-hydrogen) atoms. The van der Waals surface area contributed by atoms with Crippen LogP contribution in [0, 0.1) is 11.3 Å². The van der Waals surface area contributed by atoms with Gasteiger partial charge < -0.3 is 10.0 Å². The van der Waals surface area contributed by atoms with E-state index in [9.17, 15) is 5.11 Å². The Bertz CT molecular complexity index is 305. The number of rotatable bonds is 2. The van der Waals surface area contributed by atoms with Crippen molar-refractivity contribution in [3.05, 3.63) is 0 Å². The van der Waals surface area contributed by atoms with Crippen LogP contribution in [0.25, 0.3) is 0 Å². The summed E-state index contributed by atoms with van der Waals surface area (Å²) in [6.45, 7) is 10.6. The Morgan fingerprint density at radius 1 is 1.17 bits per heavy atom. The van der Waals surface area contributed by atoms with Gasteiger partial charge in [0.05, 0.1) is 6.10 Å². The van der Waals surface area contributed by atoms with Crippen LogP contribution in [0.3, 0.4) is 0 Å². The van der Waals surface area contributed by atoms with Gasteiger partial charge in [-0.15, -0.1) is 0 Å². The molecule has 0 amide bonds. The van der Waals surface area contributed by atoms with E-state index in [0.29, 0.717) is 5.92 Å². The summed E-state index contributed by atoms with van der Waals surface area (Å²) in [5.74, 6) is 0.507. The summed E-state index contributed by atoms with van der Waals surface area (Å²) in [6.07, 6.45) is 5.06. The number of fused-ring (bicyclic) bond motifs is 1. The number of nitrogens with zero attached hydrogens (tertiary/aromatic N) is 2. The van der Waals surface area contributed by atoms with Crippen LogP contribution >= 0.6 is 0 Å². The highest BCUT2D eigenvalue weighted by atomic mass is 16.3. The minimum absolute atomic E-state index is 0.0980. The van der Waals surface area contributed by atoms with Gasteiger partial charge in [0.15, 0.2) is 0 Å². The first kappa shape index (κ1) is 12.9. The van der Waals surface area contributed by atoms with Gasteiger partial charge in [0.2, 0.25) is 0 Å². The largest absolute Gasteiger partial charge is 0.392 e. The predicted molar refractivity (Wildman–Crippen MR) is 73.5 cm³/mol. The van der Waals surface area contributed by atoms with Crippen molar-refractivity contribution < 1.29 is 5.11 Å². The molecule has 3 fully saturated rings. The number of aliphatic hydroxyl groups is 1. The Morgan fingerprint density at radius 3 is 2.72 bits per heavy atom. The van der Waals surface area contributed by atoms with E-state index in [2.05, 4.69) is 23.6 Å². The molecule has 2 aliphatic heterocycles. The lowest BCUT2D eigenvalue weighted by Crippen LogP contribution is -2.51. The summed E-state index contributed by atoms with van der Waals surface area (Å²) in [6, 6.07) is 0.810. The molecular weight excluding hydrogens is 224 g/mol. The second-order valence-electron chi connectivity index (χ2n) is 7.32. The summed E-state index contributed by atoms with van der Waals surface area (Å²) in [5.41, 5.74) is 0.139. The molecule has 0 bridgehead atoms. The Balaban J connectivity index is 1.54. The van der Waals surface area contributed by atoms with Gasteiger partial charge in [0, 0.05) is 32.2 Å². The van der Waals surface area contributed by atoms with Crippen LogP contribution in [-0.2, 0) is 0 Å². The van der Waals surface area contributed by atoms with Crippen molar-refractivity contribution in [3.63, 3.8) is 0 Å². The lowest BCUT2D eigenvalue weighted by molar-refractivity contribution is 0.0196. The van der Waals surface area contributed by atoms with Crippen LogP contribution in [0.2, 0.25) is 0 Å². The second kappa shape index (κ2) is 4.77. The van der Waals surface area contributed by atoms with E-state index in [1.54, 1.807) is 0 Å². The molecule has 0 aromatic rings. The molecule has 3 atom stereocenters. The molecule has 3 rings (SSSR count). The Hall–Kier alpha value is -0.120. The van der Waals surface area contributed by atoms with E-state index in [1.165, 1.54) is 51.9 Å². The van der Waals surface area contributed by atoms with Crippen molar-refractivity contribution in [1.29, 1.82) is 0 Å². The molecular formula is C15H28N2O. The van der Waals surface area contributed by atoms with Gasteiger partial charge in [-0.1, -0.05) is 13.8 Å². The summed E-state index contributed by atoms with van der Waals surface area (Å²) in [7, 11) is 0. The van der Waals surface area contributed by atoms with Crippen LogP contribution in [0.5, 0.6) is 0 Å². The van der Waals surface area contributed by atoms with Gasteiger partial charge in [-0.05, 0) is 43.6 Å². The topological polar surface area (TPSA) is 26.7 Å². The summed E-state index contributed by atoms with van der Waals surface area (Å²) < 4.78 is 0. The van der Waals surface area contributed by atoms with Gasteiger partial charge in [-0.3, -0.25) is 4.90 Å². The molecule has 1 saturated carbocycles. The molecule has 0 aromatic carbocycles. The SMILES string of the molecule is CC1(C)CCC(CN2CCN3CCCC3C2)C1O. The smallest absolute Gasteiger partial charge is 0.0631 e. The molecule has 0 aromatic heterocycles. The zero-order valence-corrected chi connectivity index (χ0v) is 11.9. The van der Waals surface area contributed by atoms with Gasteiger partial charge in [-0.2, -0.15) is 0 Å². The number of piperazine rings is 1. The minimum atomic E-state index is -0.0980. The average molecular weight is 252 g/mol. The van der Waals surface area contributed by atoms with Gasteiger partial charge in [-0.25, -0.2) is 0 Å². The molecule has 3 nitrogen and oxygen atoms in total. The van der Waals surface area contributed by atoms with Crippen molar-refractivity contribution in [2.24, 2.45) is 11.3 Å². The van der Waals surface area contributed by atoms with Crippen molar-refractivity contribution in [1.82, 2.24) is 9.80 Å². The monoisotopic (exact) mass is 252 g/mol. The van der Waals surface area contributed by atoms with Crippen LogP contribution < -0.4 is 0 Å². The van der Waals surface area contributed by atoms with Crippen molar-refractivity contribution >= 4 is 0 Å². The third-order valence-electron chi connectivity index (χ3n) is 5.57. The zero-order valence-electron chi connectivity index (χ0n) is 11.9. The number of aliphatic hydroxyl groups excluding tert-OH is 1. The molecule has 1 N–H and O–H groups in total. The lowest BCUT2D eigenvalue weighted by Gasteiger charge is -2.39. The molecule has 1 aliphatic carbocycles. The minimum Gasteiger partial charge on any atom is -0.392 e. The van der Waals surface area contributed by atoms with Crippen LogP contribution in [0.1, 0.15) is 39.5 Å². The van der Waals surface area contributed by atoms with E-state index >= 15 is 0 Å². The second-order valence-corrected chi connectivity index (χ2v) is 7.32. The fourth-order valence-electron chi connectivity index (χ4n) is 4.25. The number of hydrogen-bond acceptors (Lipinski definition) is 3. The first-order chi connectivity index (χ1) is 8.56. The molecule has 3 unspecified atom stereocenters. The van der Waals surface area contributed by atoms with E-state index in [1.807, 2.05) is 0 Å². The maximum atomic E-state index is 10.4. The Labute approximate surface area is 111 Å². The summed E-state index contributed by atoms with van der Waals surface area (Å²) in [5, 5.41) is 10.4. The van der Waals surface area contributed by atoms with E-state index in [0.717, 1.165) is 12.6 Å². The Morgan fingerprint density at radius 2 is 2.00 bits per heavy atom. The fraction of sp³-hybridized carbons (Fsp3) is 1.00. The highest BCUT2D eigenvalue weighted by Crippen LogP contribution is 2.41. The van der Waals surface area contributed by atoms with Gasteiger partial charge in [0.1, 0.15) is 0 Å². The standard InChI is InChI=1S/C15H28N2O/c1-15(2)6-5-12(14(15)18)10-16-8-9-17-7-3-4-13(17)11-16/h12-14,18H,3-11H2,1-2H3. The van der Waals surface area contributed by atoms with Crippen molar-refractivity contribution in [2.45, 2.75) is 51.7 Å². The summed E-state index contributed by atoms with van der Waals surface area (Å²) >= 11 is 0. The molecule has 104 valence electrons. The molecule has 0 spiro atoms. The molecule has 0 radical (unpaired) electrons.